The highest BCUT2D eigenvalue weighted by molar-refractivity contribution is 9.10. The van der Waals surface area contributed by atoms with Gasteiger partial charge in [0.2, 0.25) is 15.9 Å². The van der Waals surface area contributed by atoms with Crippen molar-refractivity contribution in [2.75, 3.05) is 44.3 Å². The summed E-state index contributed by atoms with van der Waals surface area (Å²) in [4.78, 5) is 14.2. The third-order valence-electron chi connectivity index (χ3n) is 3.78. The number of carbonyl (C=O) groups excluding carboxylic acids is 1. The Balaban J connectivity index is 1.90. The van der Waals surface area contributed by atoms with Crippen LogP contribution in [0.5, 0.6) is 0 Å². The number of aryl methyl sites for hydroxylation is 1. The second-order valence-electron chi connectivity index (χ2n) is 5.82. The van der Waals surface area contributed by atoms with Gasteiger partial charge < -0.3 is 5.32 Å². The number of nitrogens with zero attached hydrogens (tertiary/aromatic N) is 2. The molecule has 128 valence electrons. The molecule has 0 aromatic heterocycles. The molecule has 0 spiro atoms. The van der Waals surface area contributed by atoms with Gasteiger partial charge in [-0.05, 0) is 53.5 Å². The molecular formula is C15H22BrN3O3S. The number of sulfonamides is 1. The maximum Gasteiger partial charge on any atom is 0.238 e. The van der Waals surface area contributed by atoms with Gasteiger partial charge in [-0.3, -0.25) is 9.69 Å². The average molecular weight is 404 g/mol. The first kappa shape index (κ1) is 18.4. The van der Waals surface area contributed by atoms with E-state index in [1.807, 2.05) is 30.0 Å². The summed E-state index contributed by atoms with van der Waals surface area (Å²) < 4.78 is 25.5. The van der Waals surface area contributed by atoms with E-state index in [1.54, 1.807) is 0 Å². The monoisotopic (exact) mass is 403 g/mol. The average Bonchev–Trinajstić information content (AvgIpc) is 2.67. The number of hydrogen-bond donors (Lipinski definition) is 1. The molecule has 0 radical (unpaired) electrons. The molecule has 8 heteroatoms. The minimum Gasteiger partial charge on any atom is -0.324 e. The third kappa shape index (κ3) is 5.56. The van der Waals surface area contributed by atoms with E-state index >= 15 is 0 Å². The fraction of sp³-hybridized carbons (Fsp3) is 0.533. The Kier molecular flexibility index (Phi) is 6.19. The minimum absolute atomic E-state index is 0.0950. The van der Waals surface area contributed by atoms with Crippen LogP contribution in [0, 0.1) is 6.92 Å². The second kappa shape index (κ2) is 7.74. The molecule has 1 fully saturated rings. The molecule has 23 heavy (non-hydrogen) atoms. The quantitative estimate of drug-likeness (QED) is 0.829. The van der Waals surface area contributed by atoms with Crippen LogP contribution in [0.15, 0.2) is 22.7 Å². The fourth-order valence-electron chi connectivity index (χ4n) is 2.55. The Bertz CT molecular complexity index is 679. The number of rotatable bonds is 4. The molecule has 1 aliphatic rings. The van der Waals surface area contributed by atoms with Gasteiger partial charge in [0, 0.05) is 24.1 Å². The first-order valence-electron chi connectivity index (χ1n) is 7.49. The Labute approximate surface area is 146 Å². The molecule has 0 bridgehead atoms. The fourth-order valence-corrected chi connectivity index (χ4v) is 4.02. The van der Waals surface area contributed by atoms with Crippen LogP contribution >= 0.6 is 15.9 Å². The van der Waals surface area contributed by atoms with Crippen LogP contribution in [0.4, 0.5) is 5.69 Å². The number of hydrogen-bond acceptors (Lipinski definition) is 4. The highest BCUT2D eigenvalue weighted by Gasteiger charge is 2.22. The van der Waals surface area contributed by atoms with Crippen molar-refractivity contribution >= 4 is 37.5 Å². The maximum absolute atomic E-state index is 12.2. The van der Waals surface area contributed by atoms with E-state index < -0.39 is 10.0 Å². The zero-order valence-electron chi connectivity index (χ0n) is 13.4. The summed E-state index contributed by atoms with van der Waals surface area (Å²) >= 11 is 3.44. The van der Waals surface area contributed by atoms with Crippen molar-refractivity contribution in [3.63, 3.8) is 0 Å². The summed E-state index contributed by atoms with van der Waals surface area (Å²) in [5.74, 6) is -0.0950. The van der Waals surface area contributed by atoms with Gasteiger partial charge in [0.05, 0.1) is 18.5 Å². The Morgan fingerprint density at radius 2 is 2.00 bits per heavy atom. The van der Waals surface area contributed by atoms with Crippen molar-refractivity contribution in [3.8, 4) is 0 Å². The molecule has 1 aliphatic heterocycles. The molecule has 0 aliphatic carbocycles. The minimum atomic E-state index is -3.16. The van der Waals surface area contributed by atoms with Gasteiger partial charge in [0.1, 0.15) is 0 Å². The number of anilines is 1. The maximum atomic E-state index is 12.2. The topological polar surface area (TPSA) is 69.7 Å². The number of nitrogens with one attached hydrogen (secondary N) is 1. The van der Waals surface area contributed by atoms with E-state index in [2.05, 4.69) is 21.2 Å². The largest absolute Gasteiger partial charge is 0.324 e. The molecule has 0 unspecified atom stereocenters. The number of halogens is 1. The van der Waals surface area contributed by atoms with E-state index in [9.17, 15) is 13.2 Å². The molecule has 2 rings (SSSR count). The summed E-state index contributed by atoms with van der Waals surface area (Å²) in [7, 11) is -3.16. The molecule has 1 heterocycles. The van der Waals surface area contributed by atoms with Gasteiger partial charge in [-0.15, -0.1) is 0 Å². The molecule has 1 aromatic rings. The Morgan fingerprint density at radius 1 is 1.26 bits per heavy atom. The number of benzene rings is 1. The van der Waals surface area contributed by atoms with E-state index in [0.29, 0.717) is 26.2 Å². The number of amides is 1. The van der Waals surface area contributed by atoms with Crippen molar-refractivity contribution in [1.82, 2.24) is 9.21 Å². The first-order chi connectivity index (χ1) is 10.8. The van der Waals surface area contributed by atoms with Gasteiger partial charge in [-0.25, -0.2) is 12.7 Å². The molecule has 1 N–H and O–H groups in total. The zero-order chi connectivity index (χ0) is 17.0. The van der Waals surface area contributed by atoms with Crippen LogP contribution in [-0.2, 0) is 14.8 Å². The van der Waals surface area contributed by atoms with Crippen LogP contribution in [0.25, 0.3) is 0 Å². The lowest BCUT2D eigenvalue weighted by molar-refractivity contribution is -0.117. The molecular weight excluding hydrogens is 382 g/mol. The highest BCUT2D eigenvalue weighted by atomic mass is 79.9. The van der Waals surface area contributed by atoms with Gasteiger partial charge in [-0.1, -0.05) is 6.07 Å². The van der Waals surface area contributed by atoms with Crippen LogP contribution in [0.3, 0.4) is 0 Å². The summed E-state index contributed by atoms with van der Waals surface area (Å²) in [6.45, 7) is 4.48. The van der Waals surface area contributed by atoms with Crippen molar-refractivity contribution in [2.24, 2.45) is 0 Å². The zero-order valence-corrected chi connectivity index (χ0v) is 15.8. The van der Waals surface area contributed by atoms with E-state index in [4.69, 9.17) is 0 Å². The van der Waals surface area contributed by atoms with E-state index in [-0.39, 0.29) is 12.5 Å². The second-order valence-corrected chi connectivity index (χ2v) is 8.66. The highest BCUT2D eigenvalue weighted by Crippen LogP contribution is 2.23. The molecule has 6 nitrogen and oxygen atoms in total. The molecule has 0 atom stereocenters. The Morgan fingerprint density at radius 3 is 2.65 bits per heavy atom. The molecule has 0 saturated carbocycles. The lowest BCUT2D eigenvalue weighted by atomic mass is 10.2. The standard InChI is InChI=1S/C15H22BrN3O3S/c1-12-4-5-14(13(16)10-12)17-15(20)11-18-6-3-7-19(9-8-18)23(2,21)22/h4-5,10H,3,6-9,11H2,1-2H3,(H,17,20). The van der Waals surface area contributed by atoms with Gasteiger partial charge >= 0.3 is 0 Å². The van der Waals surface area contributed by atoms with Crippen molar-refractivity contribution in [1.29, 1.82) is 0 Å². The van der Waals surface area contributed by atoms with Crippen molar-refractivity contribution in [2.45, 2.75) is 13.3 Å². The van der Waals surface area contributed by atoms with Crippen molar-refractivity contribution in [3.05, 3.63) is 28.2 Å². The van der Waals surface area contributed by atoms with Crippen LogP contribution < -0.4 is 5.32 Å². The molecule has 1 saturated heterocycles. The van der Waals surface area contributed by atoms with E-state index in [1.165, 1.54) is 10.6 Å². The Hall–Kier alpha value is -0.960. The SMILES string of the molecule is Cc1ccc(NC(=O)CN2CCCN(S(C)(=O)=O)CC2)c(Br)c1. The number of carbonyl (C=O) groups is 1. The summed E-state index contributed by atoms with van der Waals surface area (Å²) in [6, 6.07) is 5.76. The third-order valence-corrected chi connectivity index (χ3v) is 5.74. The normalized spacial score (nSPS) is 17.7. The van der Waals surface area contributed by atoms with E-state index in [0.717, 1.165) is 22.1 Å². The van der Waals surface area contributed by atoms with Crippen LogP contribution in [0.1, 0.15) is 12.0 Å². The van der Waals surface area contributed by atoms with Crippen LogP contribution in [-0.4, -0.2) is 62.5 Å². The van der Waals surface area contributed by atoms with Gasteiger partial charge in [-0.2, -0.15) is 0 Å². The predicted molar refractivity (Wildman–Crippen MR) is 95.0 cm³/mol. The molecule has 1 aromatic carbocycles. The summed E-state index contributed by atoms with van der Waals surface area (Å²) in [5.41, 5.74) is 1.86. The van der Waals surface area contributed by atoms with Crippen LogP contribution in [0.2, 0.25) is 0 Å². The molecule has 1 amide bonds. The van der Waals surface area contributed by atoms with Crippen molar-refractivity contribution < 1.29 is 13.2 Å². The first-order valence-corrected chi connectivity index (χ1v) is 10.1. The predicted octanol–water partition coefficient (Wildman–Crippen LogP) is 1.66. The summed E-state index contributed by atoms with van der Waals surface area (Å²) in [6.07, 6.45) is 1.96. The van der Waals surface area contributed by atoms with Gasteiger partial charge in [0.15, 0.2) is 0 Å². The lowest BCUT2D eigenvalue weighted by Crippen LogP contribution is -2.37. The summed E-state index contributed by atoms with van der Waals surface area (Å²) in [5, 5.41) is 2.89. The lowest BCUT2D eigenvalue weighted by Gasteiger charge is -2.20. The smallest absolute Gasteiger partial charge is 0.238 e. The van der Waals surface area contributed by atoms with Gasteiger partial charge in [0.25, 0.3) is 0 Å².